The average molecular weight is 300 g/mol. The lowest BCUT2D eigenvalue weighted by atomic mass is 10.2. The highest BCUT2D eigenvalue weighted by Crippen LogP contribution is 2.16. The Morgan fingerprint density at radius 1 is 1.23 bits per heavy atom. The zero-order valence-corrected chi connectivity index (χ0v) is 12.0. The van der Waals surface area contributed by atoms with E-state index in [9.17, 15) is 9.90 Å². The van der Waals surface area contributed by atoms with E-state index in [-0.39, 0.29) is 18.3 Å². The molecule has 22 heavy (non-hydrogen) atoms. The summed E-state index contributed by atoms with van der Waals surface area (Å²) in [5, 5.41) is 13.1. The molecule has 0 fully saturated rings. The van der Waals surface area contributed by atoms with Gasteiger partial charge < -0.3 is 14.6 Å². The minimum Gasteiger partial charge on any atom is -0.508 e. The Hall–Kier alpha value is -3.02. The monoisotopic (exact) mass is 300 g/mol. The van der Waals surface area contributed by atoms with Gasteiger partial charge in [0.15, 0.2) is 6.61 Å². The molecule has 2 aromatic carbocycles. The number of nitrogens with zero attached hydrogens (tertiary/aromatic N) is 1. The molecule has 2 aromatic rings. The maximum Gasteiger partial charge on any atom is 0.277 e. The number of phenols is 1. The fourth-order valence-electron chi connectivity index (χ4n) is 1.64. The van der Waals surface area contributed by atoms with E-state index in [1.807, 2.05) is 0 Å². The largest absolute Gasteiger partial charge is 0.508 e. The minimum atomic E-state index is -0.382. The number of hydrogen-bond acceptors (Lipinski definition) is 5. The minimum absolute atomic E-state index is 0.137. The number of amides is 1. The molecule has 6 nitrogen and oxygen atoms in total. The van der Waals surface area contributed by atoms with E-state index in [0.717, 1.165) is 0 Å². The summed E-state index contributed by atoms with van der Waals surface area (Å²) in [7, 11) is 1.58. The quantitative estimate of drug-likeness (QED) is 0.631. The zero-order chi connectivity index (χ0) is 15.8. The molecular formula is C16H16N2O4. The van der Waals surface area contributed by atoms with Crippen LogP contribution in [-0.4, -0.2) is 30.9 Å². The number of aromatic hydroxyl groups is 1. The van der Waals surface area contributed by atoms with Crippen molar-refractivity contribution >= 4 is 12.1 Å². The number of hydrogen-bond donors (Lipinski definition) is 2. The normalized spacial score (nSPS) is 10.4. The molecule has 0 radical (unpaired) electrons. The molecule has 0 saturated heterocycles. The van der Waals surface area contributed by atoms with Crippen LogP contribution in [0, 0.1) is 0 Å². The lowest BCUT2D eigenvalue weighted by molar-refractivity contribution is -0.123. The van der Waals surface area contributed by atoms with Gasteiger partial charge in [-0.25, -0.2) is 5.43 Å². The maximum atomic E-state index is 11.6. The summed E-state index contributed by atoms with van der Waals surface area (Å²) >= 11 is 0. The number of hydrazone groups is 1. The zero-order valence-electron chi connectivity index (χ0n) is 12.0. The Morgan fingerprint density at radius 2 is 1.95 bits per heavy atom. The van der Waals surface area contributed by atoms with Gasteiger partial charge in [0.2, 0.25) is 0 Å². The van der Waals surface area contributed by atoms with Crippen LogP contribution in [0.5, 0.6) is 17.2 Å². The van der Waals surface area contributed by atoms with Gasteiger partial charge in [0, 0.05) is 0 Å². The van der Waals surface area contributed by atoms with Crippen molar-refractivity contribution < 1.29 is 19.4 Å². The van der Waals surface area contributed by atoms with Gasteiger partial charge in [0.1, 0.15) is 17.2 Å². The van der Waals surface area contributed by atoms with Crippen LogP contribution >= 0.6 is 0 Å². The van der Waals surface area contributed by atoms with Crippen LogP contribution < -0.4 is 14.9 Å². The lowest BCUT2D eigenvalue weighted by Crippen LogP contribution is -2.24. The standard InChI is InChI=1S/C16H16N2O4/c1-21-14-5-7-15(8-6-14)22-11-16(20)18-17-10-12-3-2-4-13(19)9-12/h2-10,19H,11H2,1H3,(H,18,20)/b17-10+. The van der Waals surface area contributed by atoms with Crippen LogP contribution in [-0.2, 0) is 4.79 Å². The van der Waals surface area contributed by atoms with Gasteiger partial charge in [-0.3, -0.25) is 4.79 Å². The number of phenolic OH excluding ortho intramolecular Hbond substituents is 1. The number of nitrogens with one attached hydrogen (secondary N) is 1. The summed E-state index contributed by atoms with van der Waals surface area (Å²) in [5.41, 5.74) is 3.02. The number of methoxy groups -OCH3 is 1. The number of ether oxygens (including phenoxy) is 2. The predicted molar refractivity (Wildman–Crippen MR) is 82.3 cm³/mol. The van der Waals surface area contributed by atoms with Crippen LogP contribution in [0.2, 0.25) is 0 Å². The highest BCUT2D eigenvalue weighted by molar-refractivity contribution is 5.83. The van der Waals surface area contributed by atoms with Gasteiger partial charge in [-0.05, 0) is 42.0 Å². The first-order chi connectivity index (χ1) is 10.7. The molecule has 0 aliphatic carbocycles. The number of benzene rings is 2. The first-order valence-corrected chi connectivity index (χ1v) is 6.55. The van der Waals surface area contributed by atoms with Crippen LogP contribution in [0.15, 0.2) is 53.6 Å². The molecule has 0 spiro atoms. The molecule has 2 N–H and O–H groups in total. The molecule has 0 aromatic heterocycles. The smallest absolute Gasteiger partial charge is 0.277 e. The Balaban J connectivity index is 1.77. The van der Waals surface area contributed by atoms with Gasteiger partial charge in [0.25, 0.3) is 5.91 Å². The average Bonchev–Trinajstić information content (AvgIpc) is 2.53. The van der Waals surface area contributed by atoms with E-state index in [1.54, 1.807) is 49.6 Å². The summed E-state index contributed by atoms with van der Waals surface area (Å²) < 4.78 is 10.3. The van der Waals surface area contributed by atoms with Crippen LogP contribution in [0.4, 0.5) is 0 Å². The highest BCUT2D eigenvalue weighted by Gasteiger charge is 2.01. The summed E-state index contributed by atoms with van der Waals surface area (Å²) in [6.45, 7) is -0.149. The maximum absolute atomic E-state index is 11.6. The van der Waals surface area contributed by atoms with Crippen LogP contribution in [0.1, 0.15) is 5.56 Å². The van der Waals surface area contributed by atoms with Crippen molar-refractivity contribution in [2.75, 3.05) is 13.7 Å². The molecule has 1 amide bonds. The number of carbonyl (C=O) groups excluding carboxylic acids is 1. The third-order valence-electron chi connectivity index (χ3n) is 2.70. The summed E-state index contributed by atoms with van der Waals surface area (Å²) in [5.74, 6) is 1.03. The molecular weight excluding hydrogens is 284 g/mol. The Labute approximate surface area is 128 Å². The van der Waals surface area contributed by atoms with Gasteiger partial charge in [-0.1, -0.05) is 12.1 Å². The Kier molecular flexibility index (Phi) is 5.37. The fourth-order valence-corrected chi connectivity index (χ4v) is 1.64. The van der Waals surface area contributed by atoms with Gasteiger partial charge in [0.05, 0.1) is 13.3 Å². The Morgan fingerprint density at radius 3 is 2.64 bits per heavy atom. The number of carbonyl (C=O) groups is 1. The first-order valence-electron chi connectivity index (χ1n) is 6.55. The van der Waals surface area contributed by atoms with Crippen molar-refractivity contribution in [3.63, 3.8) is 0 Å². The van der Waals surface area contributed by atoms with E-state index >= 15 is 0 Å². The predicted octanol–water partition coefficient (Wildman–Crippen LogP) is 1.93. The third-order valence-corrected chi connectivity index (χ3v) is 2.70. The molecule has 0 unspecified atom stereocenters. The number of rotatable bonds is 6. The first kappa shape index (κ1) is 15.4. The topological polar surface area (TPSA) is 80.2 Å². The lowest BCUT2D eigenvalue weighted by Gasteiger charge is -2.05. The van der Waals surface area contributed by atoms with E-state index in [0.29, 0.717) is 17.1 Å². The van der Waals surface area contributed by atoms with Gasteiger partial charge in [-0.2, -0.15) is 5.10 Å². The van der Waals surface area contributed by atoms with Crippen molar-refractivity contribution in [1.82, 2.24) is 5.43 Å². The molecule has 0 atom stereocenters. The van der Waals surface area contributed by atoms with E-state index in [2.05, 4.69) is 10.5 Å². The van der Waals surface area contributed by atoms with E-state index in [1.165, 1.54) is 12.3 Å². The second kappa shape index (κ2) is 7.68. The molecule has 114 valence electrons. The van der Waals surface area contributed by atoms with Crippen LogP contribution in [0.25, 0.3) is 0 Å². The van der Waals surface area contributed by atoms with E-state index in [4.69, 9.17) is 9.47 Å². The fraction of sp³-hybridized carbons (Fsp3) is 0.125. The second-order valence-corrected chi connectivity index (χ2v) is 4.35. The molecule has 0 bridgehead atoms. The Bertz CT molecular complexity index is 653. The highest BCUT2D eigenvalue weighted by atomic mass is 16.5. The molecule has 0 heterocycles. The molecule has 0 aliphatic heterocycles. The molecule has 0 aliphatic rings. The molecule has 6 heteroatoms. The summed E-state index contributed by atoms with van der Waals surface area (Å²) in [6, 6.07) is 13.4. The molecule has 2 rings (SSSR count). The second-order valence-electron chi connectivity index (χ2n) is 4.35. The van der Waals surface area contributed by atoms with Crippen LogP contribution in [0.3, 0.4) is 0 Å². The summed E-state index contributed by atoms with van der Waals surface area (Å²) in [6.07, 6.45) is 1.44. The molecule has 0 saturated carbocycles. The SMILES string of the molecule is COc1ccc(OCC(=O)N/N=C/c2cccc(O)c2)cc1. The van der Waals surface area contributed by atoms with E-state index < -0.39 is 0 Å². The van der Waals surface area contributed by atoms with Crippen molar-refractivity contribution in [2.24, 2.45) is 5.10 Å². The van der Waals surface area contributed by atoms with Crippen molar-refractivity contribution in [3.05, 3.63) is 54.1 Å². The third kappa shape index (κ3) is 4.82. The van der Waals surface area contributed by atoms with Gasteiger partial charge in [-0.15, -0.1) is 0 Å². The van der Waals surface area contributed by atoms with Crippen molar-refractivity contribution in [1.29, 1.82) is 0 Å². The van der Waals surface area contributed by atoms with Crippen molar-refractivity contribution in [3.8, 4) is 17.2 Å². The van der Waals surface area contributed by atoms with Crippen molar-refractivity contribution in [2.45, 2.75) is 0 Å². The van der Waals surface area contributed by atoms with Gasteiger partial charge >= 0.3 is 0 Å². The summed E-state index contributed by atoms with van der Waals surface area (Å²) in [4.78, 5) is 11.6.